The summed E-state index contributed by atoms with van der Waals surface area (Å²) in [5.74, 6) is 0.431. The van der Waals surface area contributed by atoms with E-state index in [1.54, 1.807) is 30.3 Å². The molecule has 0 aliphatic carbocycles. The highest BCUT2D eigenvalue weighted by Crippen LogP contribution is 2.18. The molecule has 2 rings (SSSR count). The lowest BCUT2D eigenvalue weighted by Gasteiger charge is -1.97. The molecule has 1 amide bonds. The maximum atomic E-state index is 11.2. The van der Waals surface area contributed by atoms with E-state index < -0.39 is 5.91 Å². The predicted octanol–water partition coefficient (Wildman–Crippen LogP) is 1.90. The van der Waals surface area contributed by atoms with Gasteiger partial charge in [-0.2, -0.15) is 0 Å². The van der Waals surface area contributed by atoms with Gasteiger partial charge < -0.3 is 14.6 Å². The van der Waals surface area contributed by atoms with Crippen molar-refractivity contribution in [2.24, 2.45) is 5.73 Å². The molecular weight excluding hydrogens is 194 g/mol. The Hall–Kier alpha value is -2.23. The van der Waals surface area contributed by atoms with E-state index in [4.69, 9.17) is 14.6 Å². The second-order valence-corrected chi connectivity index (χ2v) is 2.91. The lowest BCUT2D eigenvalue weighted by atomic mass is 10.1. The molecule has 2 aromatic heterocycles. The molecule has 76 valence electrons. The summed E-state index contributed by atoms with van der Waals surface area (Å²) in [6, 6.07) is 6.81. The topological polar surface area (TPSA) is 69.4 Å². The molecule has 0 saturated heterocycles. The van der Waals surface area contributed by atoms with Gasteiger partial charge in [-0.3, -0.25) is 4.79 Å². The van der Waals surface area contributed by atoms with Crippen molar-refractivity contribution in [1.29, 1.82) is 0 Å². The summed E-state index contributed by atoms with van der Waals surface area (Å²) in [6.45, 7) is 0. The van der Waals surface area contributed by atoms with Gasteiger partial charge in [-0.05, 0) is 30.3 Å². The molecule has 0 aliphatic rings. The molecule has 0 aliphatic heterocycles. The average molecular weight is 203 g/mol. The summed E-state index contributed by atoms with van der Waals surface area (Å²) in [5.41, 5.74) is 5.52. The van der Waals surface area contributed by atoms with Crippen LogP contribution in [0.1, 0.15) is 11.5 Å². The molecule has 15 heavy (non-hydrogen) atoms. The zero-order chi connectivity index (χ0) is 10.7. The molecule has 2 aromatic rings. The summed E-state index contributed by atoms with van der Waals surface area (Å²) >= 11 is 0. The molecule has 0 bridgehead atoms. The third-order valence-corrected chi connectivity index (χ3v) is 1.88. The Balaban J connectivity index is 2.41. The highest BCUT2D eigenvalue weighted by Gasteiger charge is 2.11. The molecule has 2 heterocycles. The lowest BCUT2D eigenvalue weighted by Crippen LogP contribution is -2.12. The van der Waals surface area contributed by atoms with Crippen LogP contribution >= 0.6 is 0 Å². The maximum Gasteiger partial charge on any atom is 0.252 e. The summed E-state index contributed by atoms with van der Waals surface area (Å²) in [6.07, 6.45) is 4.54. The van der Waals surface area contributed by atoms with Gasteiger partial charge in [-0.25, -0.2) is 0 Å². The quantitative estimate of drug-likeness (QED) is 0.774. The van der Waals surface area contributed by atoms with Gasteiger partial charge >= 0.3 is 0 Å². The van der Waals surface area contributed by atoms with Crippen molar-refractivity contribution < 1.29 is 13.6 Å². The van der Waals surface area contributed by atoms with E-state index in [1.165, 1.54) is 12.5 Å². The second-order valence-electron chi connectivity index (χ2n) is 2.91. The first-order valence-corrected chi connectivity index (χ1v) is 4.36. The molecule has 0 aromatic carbocycles. The zero-order valence-corrected chi connectivity index (χ0v) is 7.84. The largest absolute Gasteiger partial charge is 0.465 e. The molecular formula is C11H9NO3. The van der Waals surface area contributed by atoms with E-state index in [2.05, 4.69) is 0 Å². The Morgan fingerprint density at radius 2 is 1.93 bits per heavy atom. The molecule has 4 nitrogen and oxygen atoms in total. The SMILES string of the molecule is NC(=O)C(=Cc1ccco1)c1ccco1. The zero-order valence-electron chi connectivity index (χ0n) is 7.84. The second kappa shape index (κ2) is 3.88. The van der Waals surface area contributed by atoms with E-state index in [0.717, 1.165) is 0 Å². The molecule has 0 atom stereocenters. The van der Waals surface area contributed by atoms with Crippen LogP contribution < -0.4 is 5.73 Å². The fourth-order valence-electron chi connectivity index (χ4n) is 1.21. The van der Waals surface area contributed by atoms with E-state index in [0.29, 0.717) is 11.5 Å². The van der Waals surface area contributed by atoms with Crippen LogP contribution in [-0.2, 0) is 4.79 Å². The summed E-state index contributed by atoms with van der Waals surface area (Å²) in [7, 11) is 0. The Kier molecular flexibility index (Phi) is 2.41. The smallest absolute Gasteiger partial charge is 0.252 e. The Bertz CT molecular complexity index is 466. The molecule has 2 N–H and O–H groups in total. The van der Waals surface area contributed by atoms with E-state index in [1.807, 2.05) is 0 Å². The van der Waals surface area contributed by atoms with Crippen LogP contribution in [0.25, 0.3) is 11.6 Å². The van der Waals surface area contributed by atoms with Gasteiger partial charge in [0.05, 0.1) is 18.1 Å². The first-order chi connectivity index (χ1) is 7.27. The Morgan fingerprint density at radius 1 is 1.20 bits per heavy atom. The monoisotopic (exact) mass is 203 g/mol. The van der Waals surface area contributed by atoms with Gasteiger partial charge in [-0.1, -0.05) is 0 Å². The Labute approximate surface area is 86.0 Å². The third-order valence-electron chi connectivity index (χ3n) is 1.88. The van der Waals surface area contributed by atoms with Crippen LogP contribution in [0.15, 0.2) is 45.6 Å². The van der Waals surface area contributed by atoms with Crippen molar-refractivity contribution in [3.8, 4) is 0 Å². The number of primary amides is 1. The third kappa shape index (κ3) is 1.99. The molecule has 0 radical (unpaired) electrons. The maximum absolute atomic E-state index is 11.2. The molecule has 0 saturated carbocycles. The van der Waals surface area contributed by atoms with Gasteiger partial charge in [0.25, 0.3) is 5.91 Å². The van der Waals surface area contributed by atoms with Crippen molar-refractivity contribution in [3.63, 3.8) is 0 Å². The number of carbonyl (C=O) groups is 1. The average Bonchev–Trinajstić information content (AvgIpc) is 2.87. The summed E-state index contributed by atoms with van der Waals surface area (Å²) in [4.78, 5) is 11.2. The first kappa shape index (κ1) is 9.33. The van der Waals surface area contributed by atoms with Crippen LogP contribution in [-0.4, -0.2) is 5.91 Å². The van der Waals surface area contributed by atoms with Crippen LogP contribution in [0.5, 0.6) is 0 Å². The standard InChI is InChI=1S/C11H9NO3/c12-11(13)9(10-4-2-6-15-10)7-8-3-1-5-14-8/h1-7H,(H2,12,13). The fourth-order valence-corrected chi connectivity index (χ4v) is 1.21. The number of amides is 1. The van der Waals surface area contributed by atoms with Crippen LogP contribution in [0.2, 0.25) is 0 Å². The van der Waals surface area contributed by atoms with Gasteiger partial charge in [0.1, 0.15) is 11.5 Å². The van der Waals surface area contributed by atoms with Gasteiger partial charge in [-0.15, -0.1) is 0 Å². The number of rotatable bonds is 3. The molecule has 0 unspecified atom stereocenters. The fraction of sp³-hybridized carbons (Fsp3) is 0. The number of furan rings is 2. The number of nitrogens with two attached hydrogens (primary N) is 1. The van der Waals surface area contributed by atoms with Crippen LogP contribution in [0.3, 0.4) is 0 Å². The van der Waals surface area contributed by atoms with Gasteiger partial charge in [0.2, 0.25) is 0 Å². The Morgan fingerprint density at radius 3 is 2.47 bits per heavy atom. The molecule has 0 fully saturated rings. The minimum absolute atomic E-state index is 0.287. The van der Waals surface area contributed by atoms with Crippen LogP contribution in [0.4, 0.5) is 0 Å². The minimum Gasteiger partial charge on any atom is -0.465 e. The number of hydrogen-bond donors (Lipinski definition) is 1. The van der Waals surface area contributed by atoms with E-state index in [9.17, 15) is 4.79 Å². The van der Waals surface area contributed by atoms with Crippen LogP contribution in [0, 0.1) is 0 Å². The molecule has 0 spiro atoms. The lowest BCUT2D eigenvalue weighted by molar-refractivity contribution is -0.112. The summed E-state index contributed by atoms with van der Waals surface area (Å²) < 4.78 is 10.2. The van der Waals surface area contributed by atoms with Crippen molar-refractivity contribution in [2.45, 2.75) is 0 Å². The summed E-state index contributed by atoms with van der Waals surface area (Å²) in [5, 5.41) is 0. The van der Waals surface area contributed by atoms with Crippen molar-refractivity contribution in [1.82, 2.24) is 0 Å². The minimum atomic E-state index is -0.554. The van der Waals surface area contributed by atoms with E-state index in [-0.39, 0.29) is 5.57 Å². The first-order valence-electron chi connectivity index (χ1n) is 4.36. The van der Waals surface area contributed by atoms with Gasteiger partial charge in [0, 0.05) is 0 Å². The highest BCUT2D eigenvalue weighted by molar-refractivity contribution is 6.22. The van der Waals surface area contributed by atoms with Crippen molar-refractivity contribution in [2.75, 3.05) is 0 Å². The number of carbonyl (C=O) groups excluding carboxylic acids is 1. The molecule has 4 heteroatoms. The van der Waals surface area contributed by atoms with Gasteiger partial charge in [0.15, 0.2) is 0 Å². The van der Waals surface area contributed by atoms with E-state index >= 15 is 0 Å². The van der Waals surface area contributed by atoms with Crippen molar-refractivity contribution >= 4 is 17.6 Å². The predicted molar refractivity (Wildman–Crippen MR) is 54.5 cm³/mol. The normalized spacial score (nSPS) is 11.6. The van der Waals surface area contributed by atoms with Crippen molar-refractivity contribution in [3.05, 3.63) is 48.3 Å². The number of hydrogen-bond acceptors (Lipinski definition) is 3. The highest BCUT2D eigenvalue weighted by atomic mass is 16.3.